The van der Waals surface area contributed by atoms with Gasteiger partial charge in [-0.15, -0.1) is 0 Å². The van der Waals surface area contributed by atoms with Crippen molar-refractivity contribution in [1.29, 1.82) is 0 Å². The maximum atomic E-state index is 14.5. The van der Waals surface area contributed by atoms with Crippen LogP contribution in [0.15, 0.2) is 110 Å². The topological polar surface area (TPSA) is 143 Å². The Kier molecular flexibility index (Phi) is 14.7. The number of carbonyl (C=O) groups excluding carboxylic acids is 2. The van der Waals surface area contributed by atoms with Crippen LogP contribution in [0, 0.1) is 0 Å². The highest BCUT2D eigenvalue weighted by Gasteiger charge is 2.24. The fourth-order valence-corrected chi connectivity index (χ4v) is 7.42. The van der Waals surface area contributed by atoms with Crippen LogP contribution in [0.2, 0.25) is 5.02 Å². The number of hydrogen-bond acceptors (Lipinski definition) is 10. The third kappa shape index (κ3) is 10.9. The van der Waals surface area contributed by atoms with Crippen LogP contribution in [0.3, 0.4) is 0 Å². The quantitative estimate of drug-likeness (QED) is 0.0393. The molecule has 0 spiro atoms. The van der Waals surface area contributed by atoms with E-state index in [2.05, 4.69) is 51.5 Å². The number of ether oxygens (including phenoxy) is 1. The largest absolute Gasteiger partial charge is 0.471 e. The van der Waals surface area contributed by atoms with Crippen LogP contribution >= 0.6 is 22.9 Å². The number of benzene rings is 3. The summed E-state index contributed by atoms with van der Waals surface area (Å²) in [7, 11) is 0. The lowest BCUT2D eigenvalue weighted by atomic mass is 10.1. The number of furan rings is 1. The molecule has 3 aromatic heterocycles. The van der Waals surface area contributed by atoms with Gasteiger partial charge in [-0.05, 0) is 116 Å². The first-order valence-corrected chi connectivity index (χ1v) is 20.8. The Hall–Kier alpha value is -5.92. The molecule has 0 atom stereocenters. The summed E-state index contributed by atoms with van der Waals surface area (Å²) < 4.78 is 13.0. The molecule has 0 saturated carbocycles. The zero-order chi connectivity index (χ0) is 40.9. The van der Waals surface area contributed by atoms with Gasteiger partial charge in [-0.25, -0.2) is 4.99 Å². The number of para-hydroxylation sites is 2. The molecule has 0 aliphatic rings. The Morgan fingerprint density at radius 1 is 0.931 bits per heavy atom. The van der Waals surface area contributed by atoms with Gasteiger partial charge in [-0.1, -0.05) is 43.0 Å². The van der Waals surface area contributed by atoms with E-state index in [-0.39, 0.29) is 40.5 Å². The van der Waals surface area contributed by atoms with Crippen LogP contribution in [0.25, 0.3) is 11.1 Å². The molecule has 0 saturated heterocycles. The van der Waals surface area contributed by atoms with E-state index in [1.807, 2.05) is 30.3 Å². The van der Waals surface area contributed by atoms with Crippen molar-refractivity contribution < 1.29 is 18.7 Å². The molecule has 0 aliphatic heterocycles. The molecule has 0 aliphatic carbocycles. The van der Waals surface area contributed by atoms with Crippen molar-refractivity contribution in [2.75, 3.05) is 40.7 Å². The van der Waals surface area contributed by atoms with Gasteiger partial charge in [0, 0.05) is 37.9 Å². The first kappa shape index (κ1) is 41.7. The van der Waals surface area contributed by atoms with E-state index in [9.17, 15) is 14.4 Å². The van der Waals surface area contributed by atoms with Gasteiger partial charge in [0.25, 0.3) is 11.5 Å². The van der Waals surface area contributed by atoms with E-state index in [1.165, 1.54) is 23.3 Å². The normalized spacial score (nSPS) is 11.4. The maximum Gasteiger partial charge on any atom is 0.278 e. The molecule has 0 bridgehead atoms. The van der Waals surface area contributed by atoms with Gasteiger partial charge in [0.2, 0.25) is 11.6 Å². The van der Waals surface area contributed by atoms with E-state index in [0.717, 1.165) is 50.9 Å². The SMILES string of the molecule is CCN(CC)c1ccc(/N=C(/C(=O)Nc2cc(NCOc3ccccc3NC(C)=O)ccc2Cl)c2nc3occc3c(=O)n2CCCCCCCc2ccsc2)cc1. The van der Waals surface area contributed by atoms with E-state index in [1.54, 1.807) is 53.8 Å². The number of nitrogens with one attached hydrogen (secondary N) is 3. The number of hydrogen-bond donors (Lipinski definition) is 3. The molecule has 3 aromatic carbocycles. The van der Waals surface area contributed by atoms with Crippen molar-refractivity contribution in [3.05, 3.63) is 123 Å². The van der Waals surface area contributed by atoms with E-state index >= 15 is 0 Å². The molecular weight excluding hydrogens is 774 g/mol. The number of rotatable bonds is 20. The van der Waals surface area contributed by atoms with Crippen LogP contribution < -0.4 is 31.1 Å². The third-order valence-electron chi connectivity index (χ3n) is 9.57. The van der Waals surface area contributed by atoms with Gasteiger partial charge in [0.1, 0.15) is 11.1 Å². The van der Waals surface area contributed by atoms with Gasteiger partial charge in [-0.3, -0.25) is 19.0 Å². The van der Waals surface area contributed by atoms with Crippen molar-refractivity contribution in [2.45, 2.75) is 65.8 Å². The molecule has 3 N–H and O–H groups in total. The highest BCUT2D eigenvalue weighted by Crippen LogP contribution is 2.28. The zero-order valence-electron chi connectivity index (χ0n) is 32.9. The molecule has 0 radical (unpaired) electrons. The average molecular weight is 822 g/mol. The number of thiophene rings is 1. The summed E-state index contributed by atoms with van der Waals surface area (Å²) in [6, 6.07) is 23.5. The van der Waals surface area contributed by atoms with Crippen molar-refractivity contribution in [3.63, 3.8) is 0 Å². The van der Waals surface area contributed by atoms with Gasteiger partial charge < -0.3 is 30.0 Å². The number of halogens is 1. The van der Waals surface area contributed by atoms with Gasteiger partial charge in [0.15, 0.2) is 18.3 Å². The summed E-state index contributed by atoms with van der Waals surface area (Å²) in [6.45, 7) is 7.68. The number of anilines is 4. The van der Waals surface area contributed by atoms with Crippen LogP contribution in [-0.2, 0) is 22.6 Å². The molecule has 302 valence electrons. The average Bonchev–Trinajstić information content (AvgIpc) is 3.93. The Balaban J connectivity index is 1.26. The van der Waals surface area contributed by atoms with E-state index in [4.69, 9.17) is 30.7 Å². The molecule has 58 heavy (non-hydrogen) atoms. The second kappa shape index (κ2) is 20.5. The predicted molar refractivity (Wildman–Crippen MR) is 236 cm³/mol. The van der Waals surface area contributed by atoms with Gasteiger partial charge in [-0.2, -0.15) is 16.3 Å². The number of aromatic nitrogens is 2. The number of carbonyl (C=O) groups is 2. The first-order chi connectivity index (χ1) is 28.2. The molecule has 3 heterocycles. The van der Waals surface area contributed by atoms with E-state index < -0.39 is 5.91 Å². The maximum absolute atomic E-state index is 14.5. The number of nitrogens with zero attached hydrogens (tertiary/aromatic N) is 4. The summed E-state index contributed by atoms with van der Waals surface area (Å²) in [5, 5.41) is 13.8. The highest BCUT2D eigenvalue weighted by atomic mass is 35.5. The number of aryl methyl sites for hydroxylation is 1. The van der Waals surface area contributed by atoms with Gasteiger partial charge in [0.05, 0.1) is 28.3 Å². The minimum Gasteiger partial charge on any atom is -0.471 e. The summed E-state index contributed by atoms with van der Waals surface area (Å²) >= 11 is 8.37. The minimum absolute atomic E-state index is 0.0513. The standard InChI is InChI=1S/C44H48ClN7O5S/c1-4-51(5-2)34-19-16-32(17-20-34)48-40(41-50-43-35(22-25-56-43)44(55)52(41)24-12-8-6-7-9-13-31-23-26-58-28-31)42(54)49-38-27-33(18-21-36(38)45)46-29-57-39-15-11-10-14-37(39)47-30(3)53/h10-11,14-23,25-28,46H,4-9,12-13,24,29H2,1-3H3,(H,47,53)(H,49,54)/b48-40+. The molecule has 14 heteroatoms. The molecule has 0 unspecified atom stereocenters. The highest BCUT2D eigenvalue weighted by molar-refractivity contribution is 7.07. The van der Waals surface area contributed by atoms with Crippen LogP contribution in [0.5, 0.6) is 5.75 Å². The van der Waals surface area contributed by atoms with E-state index in [0.29, 0.717) is 46.9 Å². The molecule has 0 fully saturated rings. The fourth-order valence-electron chi connectivity index (χ4n) is 6.55. The molecule has 6 aromatic rings. The lowest BCUT2D eigenvalue weighted by Crippen LogP contribution is -2.33. The van der Waals surface area contributed by atoms with Crippen LogP contribution in [0.4, 0.5) is 28.4 Å². The summed E-state index contributed by atoms with van der Waals surface area (Å²) in [6.07, 6.45) is 7.30. The van der Waals surface area contributed by atoms with Crippen LogP contribution in [0.1, 0.15) is 64.3 Å². The fraction of sp³-hybridized carbons (Fsp3) is 0.295. The number of unbranched alkanes of at least 4 members (excludes halogenated alkanes) is 4. The van der Waals surface area contributed by atoms with Crippen LogP contribution in [-0.4, -0.2) is 46.9 Å². The first-order valence-electron chi connectivity index (χ1n) is 19.5. The zero-order valence-corrected chi connectivity index (χ0v) is 34.5. The smallest absolute Gasteiger partial charge is 0.278 e. The van der Waals surface area contributed by atoms with Crippen molar-refractivity contribution in [1.82, 2.24) is 9.55 Å². The third-order valence-corrected chi connectivity index (χ3v) is 10.6. The molecular formula is C44H48ClN7O5S. The lowest BCUT2D eigenvalue weighted by molar-refractivity contribution is -0.114. The molecule has 2 amide bonds. The number of amides is 2. The summed E-state index contributed by atoms with van der Waals surface area (Å²) in [5.41, 5.74) is 4.07. The van der Waals surface area contributed by atoms with Crippen molar-refractivity contribution in [3.8, 4) is 5.75 Å². The summed E-state index contributed by atoms with van der Waals surface area (Å²) in [5.74, 6) is -0.257. The number of aliphatic imine (C=N–C) groups is 1. The Morgan fingerprint density at radius 3 is 2.47 bits per heavy atom. The second-order valence-corrected chi connectivity index (χ2v) is 14.8. The molecule has 6 rings (SSSR count). The monoisotopic (exact) mass is 821 g/mol. The number of fused-ring (bicyclic) bond motifs is 1. The molecule has 12 nitrogen and oxygen atoms in total. The summed E-state index contributed by atoms with van der Waals surface area (Å²) in [4.78, 5) is 51.9. The lowest BCUT2D eigenvalue weighted by Gasteiger charge is -2.21. The van der Waals surface area contributed by atoms with Gasteiger partial charge >= 0.3 is 0 Å². The predicted octanol–water partition coefficient (Wildman–Crippen LogP) is 9.91. The second-order valence-electron chi connectivity index (χ2n) is 13.6. The van der Waals surface area contributed by atoms with Crippen molar-refractivity contribution in [2.24, 2.45) is 4.99 Å². The Bertz CT molecular complexity index is 2390. The minimum atomic E-state index is -0.618. The van der Waals surface area contributed by atoms with Crippen molar-refractivity contribution >= 4 is 80.0 Å². The Labute approximate surface area is 346 Å². The Morgan fingerprint density at radius 2 is 1.71 bits per heavy atom.